The Morgan fingerprint density at radius 3 is 2.61 bits per heavy atom. The summed E-state index contributed by atoms with van der Waals surface area (Å²) in [5.41, 5.74) is 12.9. The Morgan fingerprint density at radius 2 is 1.81 bits per heavy atom. The van der Waals surface area contributed by atoms with Crippen LogP contribution in [0.3, 0.4) is 0 Å². The molecule has 6 rings (SSSR count). The highest BCUT2D eigenvalue weighted by Crippen LogP contribution is 2.45. The first-order valence-electron chi connectivity index (χ1n) is 11.7. The van der Waals surface area contributed by atoms with E-state index >= 15 is 0 Å². The zero-order valence-corrected chi connectivity index (χ0v) is 20.4. The number of aryl methyl sites for hydroxylation is 2. The van der Waals surface area contributed by atoms with Crippen LogP contribution in [-0.4, -0.2) is 21.8 Å². The Hall–Kier alpha value is -4.36. The lowest BCUT2D eigenvalue weighted by molar-refractivity contribution is 0.100. The highest BCUT2D eigenvalue weighted by atomic mass is 32.1. The maximum absolute atomic E-state index is 13.8. The number of aromatic nitrogens is 2. The van der Waals surface area contributed by atoms with Gasteiger partial charge < -0.3 is 11.1 Å². The number of rotatable bonds is 4. The molecular formula is C29H22N4O2S. The third-order valence-electron chi connectivity index (χ3n) is 6.52. The molecular weight excluding hydrogens is 468 g/mol. The fourth-order valence-electron chi connectivity index (χ4n) is 4.83. The Morgan fingerprint density at radius 1 is 0.972 bits per heavy atom. The average molecular weight is 491 g/mol. The van der Waals surface area contributed by atoms with Crippen LogP contribution < -0.4 is 11.1 Å². The molecule has 0 radical (unpaired) electrons. The fourth-order valence-corrected chi connectivity index (χ4v) is 6.14. The van der Waals surface area contributed by atoms with E-state index in [-0.39, 0.29) is 5.91 Å². The first kappa shape index (κ1) is 22.1. The molecule has 3 N–H and O–H groups in total. The number of amides is 2. The van der Waals surface area contributed by atoms with E-state index in [2.05, 4.69) is 22.4 Å². The molecule has 0 saturated carbocycles. The average Bonchev–Trinajstić information content (AvgIpc) is 3.27. The number of thiophene rings is 1. The van der Waals surface area contributed by atoms with Crippen LogP contribution in [0.1, 0.15) is 37.4 Å². The van der Waals surface area contributed by atoms with E-state index in [9.17, 15) is 9.59 Å². The summed E-state index contributed by atoms with van der Waals surface area (Å²) in [6.07, 6.45) is 3.23. The fraction of sp³-hybridized carbons (Fsp3) is 0.103. The summed E-state index contributed by atoms with van der Waals surface area (Å²) in [6, 6.07) is 21.3. The van der Waals surface area contributed by atoms with Gasteiger partial charge in [-0.2, -0.15) is 0 Å². The maximum Gasteiger partial charge on any atom is 0.257 e. The van der Waals surface area contributed by atoms with E-state index in [1.54, 1.807) is 12.3 Å². The van der Waals surface area contributed by atoms with Gasteiger partial charge in [-0.05, 0) is 66.8 Å². The van der Waals surface area contributed by atoms with E-state index in [0.29, 0.717) is 39.5 Å². The third-order valence-corrected chi connectivity index (χ3v) is 7.70. The van der Waals surface area contributed by atoms with Crippen molar-refractivity contribution in [2.45, 2.75) is 19.8 Å². The number of primary amides is 1. The van der Waals surface area contributed by atoms with Crippen LogP contribution in [0, 0.1) is 6.92 Å². The van der Waals surface area contributed by atoms with Crippen LogP contribution in [0.4, 0.5) is 5.00 Å². The molecule has 2 amide bonds. The molecule has 6 nitrogen and oxygen atoms in total. The second-order valence-corrected chi connectivity index (χ2v) is 9.90. The summed E-state index contributed by atoms with van der Waals surface area (Å²) in [6.45, 7) is 1.98. The molecule has 2 aromatic carbocycles. The van der Waals surface area contributed by atoms with Crippen molar-refractivity contribution < 1.29 is 9.59 Å². The van der Waals surface area contributed by atoms with Gasteiger partial charge in [0, 0.05) is 16.5 Å². The Balaban J connectivity index is 1.47. The highest BCUT2D eigenvalue weighted by Gasteiger charge is 2.28. The van der Waals surface area contributed by atoms with Crippen LogP contribution in [-0.2, 0) is 12.8 Å². The minimum Gasteiger partial charge on any atom is -0.365 e. The summed E-state index contributed by atoms with van der Waals surface area (Å²) in [7, 11) is 0. The van der Waals surface area contributed by atoms with Crippen molar-refractivity contribution in [2.24, 2.45) is 5.73 Å². The van der Waals surface area contributed by atoms with Gasteiger partial charge in [-0.1, -0.05) is 42.0 Å². The van der Waals surface area contributed by atoms with Gasteiger partial charge in [-0.15, -0.1) is 11.3 Å². The van der Waals surface area contributed by atoms with Crippen LogP contribution in [0.25, 0.3) is 32.7 Å². The minimum atomic E-state index is -0.535. The number of nitrogens with zero attached hydrogens (tertiary/aromatic N) is 2. The number of pyridine rings is 2. The number of anilines is 1. The highest BCUT2D eigenvalue weighted by molar-refractivity contribution is 7.20. The van der Waals surface area contributed by atoms with Crippen LogP contribution in [0.5, 0.6) is 0 Å². The Bertz CT molecular complexity index is 1670. The van der Waals surface area contributed by atoms with Gasteiger partial charge in [0.1, 0.15) is 5.00 Å². The van der Waals surface area contributed by atoms with Gasteiger partial charge in [-0.3, -0.25) is 14.6 Å². The quantitative estimate of drug-likeness (QED) is 0.333. The smallest absolute Gasteiger partial charge is 0.257 e. The number of nitrogens with two attached hydrogens (primary N) is 1. The predicted molar refractivity (Wildman–Crippen MR) is 143 cm³/mol. The number of nitrogens with one attached hydrogen (secondary N) is 1. The maximum atomic E-state index is 13.8. The van der Waals surface area contributed by atoms with E-state index in [1.807, 2.05) is 55.5 Å². The molecule has 3 heterocycles. The number of carbonyl (C=O) groups excluding carboxylic acids is 2. The SMILES string of the molecule is Cc1ccc2nc(-c3ccccn3)cc(C(=O)Nc3sc4c(c3C(N)=O)CCc3ccccc3-4)c2c1. The summed E-state index contributed by atoms with van der Waals surface area (Å²) in [4.78, 5) is 36.4. The normalized spacial score (nSPS) is 12.1. The van der Waals surface area contributed by atoms with Crippen molar-refractivity contribution in [3.05, 3.63) is 101 Å². The molecule has 0 aliphatic heterocycles. The molecule has 3 aromatic heterocycles. The van der Waals surface area contributed by atoms with E-state index in [0.717, 1.165) is 33.4 Å². The summed E-state index contributed by atoms with van der Waals surface area (Å²) >= 11 is 1.40. The van der Waals surface area contributed by atoms with E-state index < -0.39 is 5.91 Å². The van der Waals surface area contributed by atoms with Crippen LogP contribution >= 0.6 is 11.3 Å². The number of fused-ring (bicyclic) bond motifs is 4. The molecule has 0 unspecified atom stereocenters. The summed E-state index contributed by atoms with van der Waals surface area (Å²) < 4.78 is 0. The first-order valence-corrected chi connectivity index (χ1v) is 12.5. The number of carbonyl (C=O) groups is 2. The molecule has 0 saturated heterocycles. The molecule has 0 fully saturated rings. The summed E-state index contributed by atoms with van der Waals surface area (Å²) in [5.74, 6) is -0.855. The van der Waals surface area contributed by atoms with Crippen LogP contribution in [0.2, 0.25) is 0 Å². The standard InChI is InChI=1S/C29H22N4O2S/c1-16-9-12-22-20(14-16)21(15-24(32-22)23-8-4-5-13-31-23)28(35)33-29-25(27(30)34)19-11-10-17-6-2-3-7-18(17)26(19)36-29/h2-9,12-15H,10-11H2,1H3,(H2,30,34)(H,33,35). The van der Waals surface area contributed by atoms with Crippen molar-refractivity contribution >= 4 is 39.1 Å². The largest absolute Gasteiger partial charge is 0.365 e. The molecule has 0 bridgehead atoms. The molecule has 7 heteroatoms. The lowest BCUT2D eigenvalue weighted by Crippen LogP contribution is -2.19. The van der Waals surface area contributed by atoms with Gasteiger partial charge >= 0.3 is 0 Å². The minimum absolute atomic E-state index is 0.320. The van der Waals surface area contributed by atoms with Gasteiger partial charge in [-0.25, -0.2) is 4.98 Å². The Kier molecular flexibility index (Phi) is 5.34. The lowest BCUT2D eigenvalue weighted by Gasteiger charge is -2.16. The zero-order valence-electron chi connectivity index (χ0n) is 19.5. The third kappa shape index (κ3) is 3.74. The van der Waals surface area contributed by atoms with Gasteiger partial charge in [0.2, 0.25) is 0 Å². The molecule has 36 heavy (non-hydrogen) atoms. The number of hydrogen-bond acceptors (Lipinski definition) is 5. The monoisotopic (exact) mass is 490 g/mol. The zero-order chi connectivity index (χ0) is 24.8. The lowest BCUT2D eigenvalue weighted by atomic mass is 9.89. The van der Waals surface area contributed by atoms with Crippen molar-refractivity contribution in [1.29, 1.82) is 0 Å². The molecule has 0 spiro atoms. The van der Waals surface area contributed by atoms with Crippen molar-refractivity contribution in [3.8, 4) is 21.8 Å². The van der Waals surface area contributed by atoms with Gasteiger partial charge in [0.25, 0.3) is 11.8 Å². The van der Waals surface area contributed by atoms with Crippen LogP contribution in [0.15, 0.2) is 72.9 Å². The topological polar surface area (TPSA) is 98.0 Å². The number of benzene rings is 2. The van der Waals surface area contributed by atoms with Crippen molar-refractivity contribution in [3.63, 3.8) is 0 Å². The second kappa shape index (κ2) is 8.70. The molecule has 1 aliphatic carbocycles. The number of hydrogen-bond donors (Lipinski definition) is 2. The van der Waals surface area contributed by atoms with E-state index in [4.69, 9.17) is 10.7 Å². The van der Waals surface area contributed by atoms with Gasteiger partial charge in [0.15, 0.2) is 0 Å². The molecule has 176 valence electrons. The second-order valence-electron chi connectivity index (χ2n) is 8.88. The first-order chi connectivity index (χ1) is 17.5. The molecule has 0 atom stereocenters. The molecule has 5 aromatic rings. The predicted octanol–water partition coefficient (Wildman–Crippen LogP) is 5.78. The van der Waals surface area contributed by atoms with Gasteiger partial charge in [0.05, 0.1) is 28.0 Å². The van der Waals surface area contributed by atoms with Crippen molar-refractivity contribution in [1.82, 2.24) is 9.97 Å². The van der Waals surface area contributed by atoms with E-state index in [1.165, 1.54) is 16.9 Å². The molecule has 1 aliphatic rings. The summed E-state index contributed by atoms with van der Waals surface area (Å²) in [5, 5.41) is 4.23. The van der Waals surface area contributed by atoms with Crippen molar-refractivity contribution in [2.75, 3.05) is 5.32 Å². The Labute approximate surface area is 211 Å².